The Balaban J connectivity index is 2.13. The van der Waals surface area contributed by atoms with Crippen LogP contribution in [0.15, 0.2) is 24.3 Å². The summed E-state index contributed by atoms with van der Waals surface area (Å²) in [6, 6.07) is 6.80. The van der Waals surface area contributed by atoms with E-state index in [4.69, 9.17) is 5.84 Å². The molecular formula is C13H19FN2. The Kier molecular flexibility index (Phi) is 3.56. The number of hydrogen-bond acceptors (Lipinski definition) is 2. The highest BCUT2D eigenvalue weighted by molar-refractivity contribution is 5.20. The minimum atomic E-state index is -0.195. The van der Waals surface area contributed by atoms with Gasteiger partial charge in [-0.1, -0.05) is 25.5 Å². The average Bonchev–Trinajstić information content (AvgIpc) is 2.69. The average molecular weight is 222 g/mol. The summed E-state index contributed by atoms with van der Waals surface area (Å²) in [6.45, 7) is 2.28. The predicted octanol–water partition coefficient (Wildman–Crippen LogP) is 2.77. The molecule has 3 N–H and O–H groups in total. The molecule has 1 aliphatic rings. The van der Waals surface area contributed by atoms with Crippen molar-refractivity contribution in [3.8, 4) is 0 Å². The lowest BCUT2D eigenvalue weighted by Gasteiger charge is -2.23. The van der Waals surface area contributed by atoms with Gasteiger partial charge in [0.1, 0.15) is 5.82 Å². The van der Waals surface area contributed by atoms with Gasteiger partial charge >= 0.3 is 0 Å². The lowest BCUT2D eigenvalue weighted by Crippen LogP contribution is -2.32. The third-order valence-corrected chi connectivity index (χ3v) is 3.62. The zero-order chi connectivity index (χ0) is 11.5. The Morgan fingerprint density at radius 1 is 1.31 bits per heavy atom. The zero-order valence-electron chi connectivity index (χ0n) is 9.62. The zero-order valence-corrected chi connectivity index (χ0v) is 9.62. The highest BCUT2D eigenvalue weighted by atomic mass is 19.1. The van der Waals surface area contributed by atoms with Crippen molar-refractivity contribution >= 4 is 0 Å². The summed E-state index contributed by atoms with van der Waals surface area (Å²) < 4.78 is 12.8. The number of halogens is 1. The number of nitrogens with two attached hydrogens (primary N) is 1. The monoisotopic (exact) mass is 222 g/mol. The first-order valence-corrected chi connectivity index (χ1v) is 5.92. The molecule has 2 nitrogen and oxygen atoms in total. The van der Waals surface area contributed by atoms with Gasteiger partial charge in [-0.2, -0.15) is 0 Å². The van der Waals surface area contributed by atoms with Crippen LogP contribution in [0, 0.1) is 17.7 Å². The number of nitrogens with one attached hydrogen (secondary N) is 1. The molecule has 0 spiro atoms. The van der Waals surface area contributed by atoms with Crippen LogP contribution in [0.2, 0.25) is 0 Å². The minimum absolute atomic E-state index is 0.158. The third-order valence-electron chi connectivity index (χ3n) is 3.62. The van der Waals surface area contributed by atoms with E-state index < -0.39 is 0 Å². The quantitative estimate of drug-likeness (QED) is 0.609. The Hall–Kier alpha value is -0.930. The molecule has 1 aliphatic carbocycles. The predicted molar refractivity (Wildman–Crippen MR) is 63.0 cm³/mol. The molecule has 0 saturated heterocycles. The van der Waals surface area contributed by atoms with Crippen LogP contribution in [-0.4, -0.2) is 0 Å². The molecule has 16 heavy (non-hydrogen) atoms. The summed E-state index contributed by atoms with van der Waals surface area (Å²) in [4.78, 5) is 0. The molecule has 0 aromatic heterocycles. The van der Waals surface area contributed by atoms with E-state index in [9.17, 15) is 4.39 Å². The van der Waals surface area contributed by atoms with Crippen LogP contribution in [0.4, 0.5) is 4.39 Å². The first-order valence-electron chi connectivity index (χ1n) is 5.92. The molecule has 2 rings (SSSR count). The van der Waals surface area contributed by atoms with Crippen molar-refractivity contribution in [3.05, 3.63) is 35.6 Å². The highest BCUT2D eigenvalue weighted by Crippen LogP contribution is 2.38. The van der Waals surface area contributed by atoms with Crippen LogP contribution < -0.4 is 11.3 Å². The normalized spacial score (nSPS) is 26.9. The summed E-state index contributed by atoms with van der Waals surface area (Å²) in [5, 5.41) is 0. The number of rotatable bonds is 3. The first-order chi connectivity index (χ1) is 7.70. The Labute approximate surface area is 96.0 Å². The molecule has 0 heterocycles. The fraction of sp³-hybridized carbons (Fsp3) is 0.538. The minimum Gasteiger partial charge on any atom is -0.271 e. The molecule has 0 radical (unpaired) electrons. The van der Waals surface area contributed by atoms with Gasteiger partial charge in [0.2, 0.25) is 0 Å². The Morgan fingerprint density at radius 2 is 2.00 bits per heavy atom. The van der Waals surface area contributed by atoms with E-state index in [1.54, 1.807) is 0 Å². The van der Waals surface area contributed by atoms with E-state index in [1.807, 2.05) is 12.1 Å². The second-order valence-electron chi connectivity index (χ2n) is 4.87. The molecule has 3 unspecified atom stereocenters. The molecule has 3 atom stereocenters. The maximum atomic E-state index is 12.8. The Morgan fingerprint density at radius 3 is 2.50 bits per heavy atom. The lowest BCUT2D eigenvalue weighted by atomic mass is 9.91. The van der Waals surface area contributed by atoms with Crippen LogP contribution >= 0.6 is 0 Å². The highest BCUT2D eigenvalue weighted by Gasteiger charge is 2.29. The maximum absolute atomic E-state index is 12.8. The maximum Gasteiger partial charge on any atom is 0.123 e. The summed E-state index contributed by atoms with van der Waals surface area (Å²) in [5.74, 6) is 6.78. The molecule has 1 saturated carbocycles. The van der Waals surface area contributed by atoms with E-state index in [1.165, 1.54) is 31.4 Å². The second-order valence-corrected chi connectivity index (χ2v) is 4.87. The van der Waals surface area contributed by atoms with Gasteiger partial charge in [-0.3, -0.25) is 11.3 Å². The van der Waals surface area contributed by atoms with Gasteiger partial charge in [0.15, 0.2) is 0 Å². The van der Waals surface area contributed by atoms with Crippen molar-refractivity contribution < 1.29 is 4.39 Å². The largest absolute Gasteiger partial charge is 0.271 e. The first kappa shape index (κ1) is 11.6. The van der Waals surface area contributed by atoms with Crippen LogP contribution in [0.3, 0.4) is 0 Å². The van der Waals surface area contributed by atoms with Crippen molar-refractivity contribution in [1.82, 2.24) is 5.43 Å². The van der Waals surface area contributed by atoms with E-state index in [0.717, 1.165) is 11.5 Å². The molecule has 1 aromatic carbocycles. The molecule has 0 amide bonds. The van der Waals surface area contributed by atoms with Gasteiger partial charge in [0.25, 0.3) is 0 Å². The van der Waals surface area contributed by atoms with Crippen LogP contribution in [-0.2, 0) is 0 Å². The van der Waals surface area contributed by atoms with Gasteiger partial charge in [-0.25, -0.2) is 4.39 Å². The van der Waals surface area contributed by atoms with E-state index >= 15 is 0 Å². The topological polar surface area (TPSA) is 38.0 Å². The number of hydrazine groups is 1. The smallest absolute Gasteiger partial charge is 0.123 e. The molecular weight excluding hydrogens is 203 g/mol. The van der Waals surface area contributed by atoms with E-state index in [2.05, 4.69) is 12.3 Å². The van der Waals surface area contributed by atoms with Crippen LogP contribution in [0.1, 0.15) is 37.8 Å². The summed E-state index contributed by atoms with van der Waals surface area (Å²) in [5.41, 5.74) is 3.96. The lowest BCUT2D eigenvalue weighted by molar-refractivity contribution is 0.363. The fourth-order valence-electron chi connectivity index (χ4n) is 2.73. The fourth-order valence-corrected chi connectivity index (χ4v) is 2.73. The molecule has 0 bridgehead atoms. The van der Waals surface area contributed by atoms with Crippen molar-refractivity contribution in [1.29, 1.82) is 0 Å². The molecule has 1 aromatic rings. The van der Waals surface area contributed by atoms with Crippen molar-refractivity contribution in [3.63, 3.8) is 0 Å². The van der Waals surface area contributed by atoms with Gasteiger partial charge < -0.3 is 0 Å². The summed E-state index contributed by atoms with van der Waals surface area (Å²) in [6.07, 6.45) is 3.67. The van der Waals surface area contributed by atoms with Crippen molar-refractivity contribution in [2.24, 2.45) is 17.7 Å². The molecule has 0 aliphatic heterocycles. The Bertz CT molecular complexity index is 336. The third kappa shape index (κ3) is 2.42. The van der Waals surface area contributed by atoms with Crippen molar-refractivity contribution in [2.45, 2.75) is 32.2 Å². The summed E-state index contributed by atoms with van der Waals surface area (Å²) >= 11 is 0. The van der Waals surface area contributed by atoms with Crippen LogP contribution in [0.5, 0.6) is 0 Å². The van der Waals surface area contributed by atoms with Gasteiger partial charge in [0, 0.05) is 6.04 Å². The van der Waals surface area contributed by atoms with Crippen LogP contribution in [0.25, 0.3) is 0 Å². The van der Waals surface area contributed by atoms with E-state index in [0.29, 0.717) is 5.92 Å². The number of hydrogen-bond donors (Lipinski definition) is 2. The SMILES string of the molecule is CC1CCC(C(NN)c2ccc(F)cc2)C1. The van der Waals surface area contributed by atoms with E-state index in [-0.39, 0.29) is 11.9 Å². The van der Waals surface area contributed by atoms with Gasteiger partial charge in [0.05, 0.1) is 0 Å². The molecule has 88 valence electrons. The number of benzene rings is 1. The second kappa shape index (κ2) is 4.93. The summed E-state index contributed by atoms with van der Waals surface area (Å²) in [7, 11) is 0. The molecule has 1 fully saturated rings. The van der Waals surface area contributed by atoms with Gasteiger partial charge in [-0.05, 0) is 42.4 Å². The molecule has 3 heteroatoms. The van der Waals surface area contributed by atoms with Crippen molar-refractivity contribution in [2.75, 3.05) is 0 Å². The van der Waals surface area contributed by atoms with Gasteiger partial charge in [-0.15, -0.1) is 0 Å². The standard InChI is InChI=1S/C13H19FN2/c1-9-2-3-11(8-9)13(16-15)10-4-6-12(14)7-5-10/h4-7,9,11,13,16H,2-3,8,15H2,1H3.